The van der Waals surface area contributed by atoms with Gasteiger partial charge in [-0.2, -0.15) is 0 Å². The van der Waals surface area contributed by atoms with Gasteiger partial charge in [0.25, 0.3) is 10.0 Å². The zero-order valence-electron chi connectivity index (χ0n) is 14.6. The summed E-state index contributed by atoms with van der Waals surface area (Å²) in [6.45, 7) is 0. The van der Waals surface area contributed by atoms with E-state index in [0.717, 1.165) is 10.9 Å². The number of benzene rings is 2. The van der Waals surface area contributed by atoms with Gasteiger partial charge in [-0.15, -0.1) is 11.3 Å². The Morgan fingerprint density at radius 3 is 2.61 bits per heavy atom. The molecule has 2 aromatic carbocycles. The van der Waals surface area contributed by atoms with Crippen molar-refractivity contribution < 1.29 is 18.1 Å². The molecule has 0 saturated carbocycles. The maximum atomic E-state index is 12.6. The molecule has 0 amide bonds. The maximum Gasteiger partial charge on any atom is 0.312 e. The van der Waals surface area contributed by atoms with Crippen LogP contribution in [0.5, 0.6) is 5.75 Å². The summed E-state index contributed by atoms with van der Waals surface area (Å²) in [7, 11) is -2.75. The van der Waals surface area contributed by atoms with Crippen LogP contribution in [0.25, 0.3) is 0 Å². The van der Waals surface area contributed by atoms with Crippen molar-refractivity contribution in [1.29, 1.82) is 0 Å². The maximum absolute atomic E-state index is 12.6. The third kappa shape index (κ3) is 4.49. The molecule has 1 aromatic heterocycles. The van der Waals surface area contributed by atoms with Crippen molar-refractivity contribution in [3.05, 3.63) is 80.5 Å². The van der Waals surface area contributed by atoms with E-state index in [-0.39, 0.29) is 10.6 Å². The number of hydrogen-bond donors (Lipinski definition) is 1. The predicted octanol–water partition coefficient (Wildman–Crippen LogP) is 3.87. The van der Waals surface area contributed by atoms with Crippen LogP contribution in [0.3, 0.4) is 0 Å². The molecule has 142 valence electrons. The average molecular weight is 414 g/mol. The number of hydrogen-bond acceptors (Lipinski definition) is 6. The van der Waals surface area contributed by atoms with Gasteiger partial charge >= 0.3 is 5.69 Å². The summed E-state index contributed by atoms with van der Waals surface area (Å²) in [4.78, 5) is 11.1. The van der Waals surface area contributed by atoms with Gasteiger partial charge in [-0.25, -0.2) is 8.42 Å². The molecule has 0 atom stereocenters. The van der Waals surface area contributed by atoms with Gasteiger partial charge < -0.3 is 4.74 Å². The number of sulfonamides is 1. The highest BCUT2D eigenvalue weighted by Gasteiger charge is 2.22. The van der Waals surface area contributed by atoms with Crippen LogP contribution in [0.4, 0.5) is 11.4 Å². The number of methoxy groups -OCH3 is 1. The number of nitrogens with one attached hydrogen (secondary N) is 1. The number of nitrogens with zero attached hydrogens (tertiary/aromatic N) is 1. The summed E-state index contributed by atoms with van der Waals surface area (Å²) in [6, 6.07) is 13.8. The second kappa shape index (κ2) is 8.12. The monoisotopic (exact) mass is 414 g/mol. The van der Waals surface area contributed by atoms with Crippen molar-refractivity contribution in [2.75, 3.05) is 11.8 Å². The molecular formula is C19H14N2O5S2. The first kappa shape index (κ1) is 19.4. The van der Waals surface area contributed by atoms with Gasteiger partial charge in [0.05, 0.1) is 27.5 Å². The Morgan fingerprint density at radius 1 is 1.11 bits per heavy atom. The first-order valence-electron chi connectivity index (χ1n) is 7.90. The summed E-state index contributed by atoms with van der Waals surface area (Å²) >= 11 is 1.51. The van der Waals surface area contributed by atoms with E-state index in [0.29, 0.717) is 11.3 Å². The van der Waals surface area contributed by atoms with E-state index >= 15 is 0 Å². The van der Waals surface area contributed by atoms with Gasteiger partial charge in [0.15, 0.2) is 5.75 Å². The molecule has 9 heteroatoms. The van der Waals surface area contributed by atoms with Crippen molar-refractivity contribution in [3.63, 3.8) is 0 Å². The lowest BCUT2D eigenvalue weighted by atomic mass is 10.2. The highest BCUT2D eigenvalue weighted by molar-refractivity contribution is 7.92. The van der Waals surface area contributed by atoms with Gasteiger partial charge in [-0.05, 0) is 41.8 Å². The lowest BCUT2D eigenvalue weighted by Crippen LogP contribution is -2.13. The summed E-state index contributed by atoms with van der Waals surface area (Å²) in [5.74, 6) is 5.95. The van der Waals surface area contributed by atoms with Gasteiger partial charge in [0.2, 0.25) is 0 Å². The van der Waals surface area contributed by atoms with Crippen LogP contribution in [0.2, 0.25) is 0 Å². The summed E-state index contributed by atoms with van der Waals surface area (Å²) in [5, 5.41) is 13.0. The molecular weight excluding hydrogens is 400 g/mol. The van der Waals surface area contributed by atoms with Gasteiger partial charge in [-0.3, -0.25) is 14.8 Å². The molecule has 7 nitrogen and oxygen atoms in total. The number of ether oxygens (including phenoxy) is 1. The Balaban J connectivity index is 1.88. The molecule has 0 saturated heterocycles. The zero-order chi connectivity index (χ0) is 20.1. The lowest BCUT2D eigenvalue weighted by molar-refractivity contribution is -0.386. The summed E-state index contributed by atoms with van der Waals surface area (Å²) in [5.41, 5.74) is 0.506. The fourth-order valence-corrected chi connectivity index (χ4v) is 3.98. The Hall–Kier alpha value is -3.35. The molecule has 3 rings (SSSR count). The van der Waals surface area contributed by atoms with Crippen LogP contribution in [0.1, 0.15) is 10.4 Å². The van der Waals surface area contributed by atoms with E-state index in [1.165, 1.54) is 30.6 Å². The van der Waals surface area contributed by atoms with Crippen molar-refractivity contribution >= 4 is 32.7 Å². The number of thiophene rings is 1. The summed E-state index contributed by atoms with van der Waals surface area (Å²) in [6.07, 6.45) is 0. The first-order chi connectivity index (χ1) is 13.4. The number of anilines is 1. The van der Waals surface area contributed by atoms with Crippen LogP contribution < -0.4 is 9.46 Å². The van der Waals surface area contributed by atoms with Crippen LogP contribution in [-0.2, 0) is 10.0 Å². The minimum absolute atomic E-state index is 0.0187. The quantitative estimate of drug-likeness (QED) is 0.388. The second-order valence-corrected chi connectivity index (χ2v) is 8.13. The third-order valence-electron chi connectivity index (χ3n) is 3.62. The molecule has 0 fully saturated rings. The molecule has 3 aromatic rings. The third-order valence-corrected chi connectivity index (χ3v) is 5.79. The normalized spacial score (nSPS) is 10.6. The van der Waals surface area contributed by atoms with Crippen molar-refractivity contribution in [2.45, 2.75) is 4.90 Å². The molecule has 0 aliphatic heterocycles. The molecule has 1 N–H and O–H groups in total. The molecule has 0 unspecified atom stereocenters. The lowest BCUT2D eigenvalue weighted by Gasteiger charge is -2.09. The predicted molar refractivity (Wildman–Crippen MR) is 107 cm³/mol. The highest BCUT2D eigenvalue weighted by atomic mass is 32.2. The number of nitro groups is 1. The van der Waals surface area contributed by atoms with Gasteiger partial charge in [0, 0.05) is 11.6 Å². The number of rotatable bonds is 5. The minimum Gasteiger partial charge on any atom is -0.490 e. The summed E-state index contributed by atoms with van der Waals surface area (Å²) < 4.78 is 32.6. The molecule has 0 radical (unpaired) electrons. The highest BCUT2D eigenvalue weighted by Crippen LogP contribution is 2.30. The van der Waals surface area contributed by atoms with Crippen LogP contribution in [0, 0.1) is 22.0 Å². The topological polar surface area (TPSA) is 98.5 Å². The van der Waals surface area contributed by atoms with Crippen molar-refractivity contribution in [2.24, 2.45) is 0 Å². The van der Waals surface area contributed by atoms with E-state index in [2.05, 4.69) is 16.6 Å². The molecule has 0 aliphatic carbocycles. The van der Waals surface area contributed by atoms with Crippen LogP contribution in [0.15, 0.2) is 64.9 Å². The van der Waals surface area contributed by atoms with Crippen molar-refractivity contribution in [3.8, 4) is 17.6 Å². The van der Waals surface area contributed by atoms with Crippen LogP contribution >= 0.6 is 11.3 Å². The SMILES string of the molecule is COc1ccc(S(=O)(=O)Nc2cccc(C#Cc3cccs3)c2)cc1[N+](=O)[O-]. The fraction of sp³-hybridized carbons (Fsp3) is 0.0526. The molecule has 0 aliphatic rings. The van der Waals surface area contributed by atoms with Crippen LogP contribution in [-0.4, -0.2) is 20.5 Å². The van der Waals surface area contributed by atoms with E-state index in [9.17, 15) is 18.5 Å². The van der Waals surface area contributed by atoms with E-state index in [1.807, 2.05) is 17.5 Å². The Morgan fingerprint density at radius 2 is 1.93 bits per heavy atom. The molecule has 28 heavy (non-hydrogen) atoms. The largest absolute Gasteiger partial charge is 0.490 e. The van der Waals surface area contributed by atoms with Crippen molar-refractivity contribution in [1.82, 2.24) is 0 Å². The Labute approximate surface area is 165 Å². The standard InChI is InChI=1S/C19H14N2O5S2/c1-26-19-10-9-17(13-18(19)21(22)23)28(24,25)20-15-5-2-4-14(12-15)7-8-16-6-3-11-27-16/h2-6,9-13,20H,1H3. The smallest absolute Gasteiger partial charge is 0.312 e. The average Bonchev–Trinajstić information content (AvgIpc) is 3.19. The van der Waals surface area contributed by atoms with Gasteiger partial charge in [-0.1, -0.05) is 24.0 Å². The molecule has 0 spiro atoms. The van der Waals surface area contributed by atoms with E-state index in [1.54, 1.807) is 24.3 Å². The Kier molecular flexibility index (Phi) is 5.63. The second-order valence-electron chi connectivity index (χ2n) is 5.50. The Bertz CT molecular complexity index is 1180. The fourth-order valence-electron chi connectivity index (χ4n) is 2.34. The van der Waals surface area contributed by atoms with E-state index in [4.69, 9.17) is 4.74 Å². The number of nitro benzene ring substituents is 1. The van der Waals surface area contributed by atoms with E-state index < -0.39 is 20.6 Å². The zero-order valence-corrected chi connectivity index (χ0v) is 16.2. The molecule has 0 bridgehead atoms. The molecule has 1 heterocycles. The minimum atomic E-state index is -4.03. The van der Waals surface area contributed by atoms with Gasteiger partial charge in [0.1, 0.15) is 0 Å². The first-order valence-corrected chi connectivity index (χ1v) is 10.3.